The minimum atomic E-state index is -0.400. The van der Waals surface area contributed by atoms with Crippen molar-refractivity contribution in [2.45, 2.75) is 25.8 Å². The molecule has 5 nitrogen and oxygen atoms in total. The number of nitrogens with one attached hydrogen (secondary N) is 1. The van der Waals surface area contributed by atoms with Crippen molar-refractivity contribution in [3.05, 3.63) is 24.0 Å². The molecule has 1 saturated heterocycles. The number of hydrogen-bond donors (Lipinski definition) is 1. The standard InChI is InChI=1S/C14H21N3O2/c1-3-17-8-4-5-12(10-17)16-11-6-7-15-13(9-11)14(18)19-2/h6-7,9,12H,3-5,8,10H2,1-2H3,(H,15,16). The van der Waals surface area contributed by atoms with Crippen LogP contribution in [-0.2, 0) is 4.74 Å². The van der Waals surface area contributed by atoms with Gasteiger partial charge in [0.05, 0.1) is 7.11 Å². The number of anilines is 1. The Hall–Kier alpha value is -1.62. The fourth-order valence-electron chi connectivity index (χ4n) is 2.43. The van der Waals surface area contributed by atoms with Crippen molar-refractivity contribution in [1.82, 2.24) is 9.88 Å². The average Bonchev–Trinajstić information content (AvgIpc) is 2.47. The topological polar surface area (TPSA) is 54.5 Å². The van der Waals surface area contributed by atoms with Crippen LogP contribution in [0.25, 0.3) is 0 Å². The second-order valence-corrected chi connectivity index (χ2v) is 4.80. The molecule has 0 saturated carbocycles. The van der Waals surface area contributed by atoms with Gasteiger partial charge in [-0.25, -0.2) is 9.78 Å². The van der Waals surface area contributed by atoms with Gasteiger partial charge in [0.25, 0.3) is 0 Å². The first-order valence-corrected chi connectivity index (χ1v) is 6.76. The smallest absolute Gasteiger partial charge is 0.356 e. The number of methoxy groups -OCH3 is 1. The highest BCUT2D eigenvalue weighted by Gasteiger charge is 2.18. The van der Waals surface area contributed by atoms with E-state index in [1.807, 2.05) is 6.07 Å². The van der Waals surface area contributed by atoms with Crippen LogP contribution in [0.5, 0.6) is 0 Å². The van der Waals surface area contributed by atoms with Crippen molar-refractivity contribution in [2.24, 2.45) is 0 Å². The number of ether oxygens (including phenoxy) is 1. The third-order valence-electron chi connectivity index (χ3n) is 3.48. The molecule has 1 fully saturated rings. The van der Waals surface area contributed by atoms with E-state index in [1.165, 1.54) is 20.1 Å². The molecule has 1 N–H and O–H groups in total. The first-order valence-electron chi connectivity index (χ1n) is 6.76. The molecule has 0 spiro atoms. The van der Waals surface area contributed by atoms with Gasteiger partial charge in [-0.2, -0.15) is 0 Å². The highest BCUT2D eigenvalue weighted by Crippen LogP contribution is 2.16. The number of pyridine rings is 1. The van der Waals surface area contributed by atoms with Crippen LogP contribution in [0.1, 0.15) is 30.3 Å². The average molecular weight is 263 g/mol. The summed E-state index contributed by atoms with van der Waals surface area (Å²) < 4.78 is 4.68. The van der Waals surface area contributed by atoms with E-state index in [0.29, 0.717) is 11.7 Å². The number of esters is 1. The molecule has 2 rings (SSSR count). The first kappa shape index (κ1) is 13.8. The van der Waals surface area contributed by atoms with Crippen molar-refractivity contribution in [3.8, 4) is 0 Å². The Morgan fingerprint density at radius 1 is 1.63 bits per heavy atom. The van der Waals surface area contributed by atoms with E-state index < -0.39 is 5.97 Å². The van der Waals surface area contributed by atoms with Crippen LogP contribution in [0.3, 0.4) is 0 Å². The molecular weight excluding hydrogens is 242 g/mol. The fourth-order valence-corrected chi connectivity index (χ4v) is 2.43. The maximum atomic E-state index is 11.4. The fraction of sp³-hybridized carbons (Fsp3) is 0.571. The lowest BCUT2D eigenvalue weighted by molar-refractivity contribution is 0.0594. The predicted molar refractivity (Wildman–Crippen MR) is 74.3 cm³/mol. The number of carbonyl (C=O) groups excluding carboxylic acids is 1. The summed E-state index contributed by atoms with van der Waals surface area (Å²) in [5.41, 5.74) is 1.27. The molecule has 0 aromatic carbocycles. The highest BCUT2D eigenvalue weighted by molar-refractivity contribution is 5.88. The SMILES string of the molecule is CCN1CCCC(Nc2ccnc(C(=O)OC)c2)C1. The monoisotopic (exact) mass is 263 g/mol. The second-order valence-electron chi connectivity index (χ2n) is 4.80. The van der Waals surface area contributed by atoms with Gasteiger partial charge in [-0.15, -0.1) is 0 Å². The minimum absolute atomic E-state index is 0.343. The number of hydrogen-bond acceptors (Lipinski definition) is 5. The van der Waals surface area contributed by atoms with Gasteiger partial charge < -0.3 is 15.0 Å². The molecular formula is C14H21N3O2. The first-order chi connectivity index (χ1) is 9.22. The Kier molecular flexibility index (Phi) is 4.74. The second kappa shape index (κ2) is 6.52. The van der Waals surface area contributed by atoms with E-state index in [-0.39, 0.29) is 0 Å². The van der Waals surface area contributed by atoms with E-state index in [2.05, 4.69) is 26.9 Å². The van der Waals surface area contributed by atoms with Crippen LogP contribution in [0.4, 0.5) is 5.69 Å². The van der Waals surface area contributed by atoms with E-state index in [0.717, 1.165) is 25.2 Å². The van der Waals surface area contributed by atoms with Crippen molar-refractivity contribution in [1.29, 1.82) is 0 Å². The van der Waals surface area contributed by atoms with Gasteiger partial charge in [-0.05, 0) is 38.1 Å². The lowest BCUT2D eigenvalue weighted by Gasteiger charge is -2.32. The van der Waals surface area contributed by atoms with Crippen LogP contribution in [-0.4, -0.2) is 48.6 Å². The Balaban J connectivity index is 2.00. The highest BCUT2D eigenvalue weighted by atomic mass is 16.5. The zero-order chi connectivity index (χ0) is 13.7. The number of aromatic nitrogens is 1. The summed E-state index contributed by atoms with van der Waals surface area (Å²) in [6.07, 6.45) is 4.00. The third-order valence-corrected chi connectivity index (χ3v) is 3.48. The lowest BCUT2D eigenvalue weighted by Crippen LogP contribution is -2.41. The summed E-state index contributed by atoms with van der Waals surface area (Å²) in [7, 11) is 1.37. The summed E-state index contributed by atoms with van der Waals surface area (Å²) in [4.78, 5) is 17.9. The van der Waals surface area contributed by atoms with Gasteiger partial charge in [0.1, 0.15) is 5.69 Å². The van der Waals surface area contributed by atoms with Crippen molar-refractivity contribution < 1.29 is 9.53 Å². The number of carbonyl (C=O) groups is 1. The summed E-state index contributed by atoms with van der Waals surface area (Å²) in [6, 6.07) is 4.07. The molecule has 104 valence electrons. The largest absolute Gasteiger partial charge is 0.464 e. The van der Waals surface area contributed by atoms with Crippen molar-refractivity contribution in [3.63, 3.8) is 0 Å². The lowest BCUT2D eigenvalue weighted by atomic mass is 10.1. The van der Waals surface area contributed by atoms with Gasteiger partial charge >= 0.3 is 5.97 Å². The number of piperidine rings is 1. The molecule has 0 aliphatic carbocycles. The maximum Gasteiger partial charge on any atom is 0.356 e. The number of likely N-dealkylation sites (N-methyl/N-ethyl adjacent to an activating group) is 1. The zero-order valence-corrected chi connectivity index (χ0v) is 11.6. The molecule has 1 aromatic rings. The molecule has 5 heteroatoms. The molecule has 1 aromatic heterocycles. The molecule has 1 unspecified atom stereocenters. The minimum Gasteiger partial charge on any atom is -0.464 e. The van der Waals surface area contributed by atoms with Crippen molar-refractivity contribution in [2.75, 3.05) is 32.1 Å². The normalized spacial score (nSPS) is 20.0. The maximum absolute atomic E-state index is 11.4. The van der Waals surface area contributed by atoms with E-state index in [1.54, 1.807) is 12.3 Å². The number of likely N-dealkylation sites (tertiary alicyclic amines) is 1. The van der Waals surface area contributed by atoms with Crippen LogP contribution in [0, 0.1) is 0 Å². The van der Waals surface area contributed by atoms with E-state index in [4.69, 9.17) is 0 Å². The van der Waals surface area contributed by atoms with Gasteiger partial charge in [-0.3, -0.25) is 0 Å². The number of rotatable bonds is 4. The van der Waals surface area contributed by atoms with Crippen LogP contribution in [0.15, 0.2) is 18.3 Å². The van der Waals surface area contributed by atoms with Crippen molar-refractivity contribution >= 4 is 11.7 Å². The molecule has 1 aliphatic heterocycles. The molecule has 0 bridgehead atoms. The quantitative estimate of drug-likeness (QED) is 0.839. The predicted octanol–water partition coefficient (Wildman–Crippen LogP) is 1.76. The summed E-state index contributed by atoms with van der Waals surface area (Å²) in [6.45, 7) is 5.50. The van der Waals surface area contributed by atoms with Crippen LogP contribution in [0.2, 0.25) is 0 Å². The molecule has 0 amide bonds. The van der Waals surface area contributed by atoms with Gasteiger partial charge in [0.2, 0.25) is 0 Å². The zero-order valence-electron chi connectivity index (χ0n) is 11.6. The molecule has 2 heterocycles. The Labute approximate surface area is 114 Å². The molecule has 0 radical (unpaired) electrons. The van der Waals surface area contributed by atoms with E-state index >= 15 is 0 Å². The third kappa shape index (κ3) is 3.67. The molecule has 1 aliphatic rings. The van der Waals surface area contributed by atoms with Gasteiger partial charge in [-0.1, -0.05) is 6.92 Å². The van der Waals surface area contributed by atoms with Crippen LogP contribution < -0.4 is 5.32 Å². The molecule has 1 atom stereocenters. The van der Waals surface area contributed by atoms with Gasteiger partial charge in [0, 0.05) is 24.5 Å². The molecule has 19 heavy (non-hydrogen) atoms. The van der Waals surface area contributed by atoms with Crippen LogP contribution >= 0.6 is 0 Å². The number of nitrogens with zero attached hydrogens (tertiary/aromatic N) is 2. The summed E-state index contributed by atoms with van der Waals surface area (Å²) in [5, 5.41) is 3.48. The van der Waals surface area contributed by atoms with Gasteiger partial charge in [0.15, 0.2) is 0 Å². The van der Waals surface area contributed by atoms with E-state index in [9.17, 15) is 4.79 Å². The summed E-state index contributed by atoms with van der Waals surface area (Å²) in [5.74, 6) is -0.400. The summed E-state index contributed by atoms with van der Waals surface area (Å²) >= 11 is 0. The Bertz CT molecular complexity index is 436. The Morgan fingerprint density at radius 2 is 2.47 bits per heavy atom. The Morgan fingerprint density at radius 3 is 3.21 bits per heavy atom.